The van der Waals surface area contributed by atoms with Crippen molar-refractivity contribution in [1.29, 1.82) is 0 Å². The van der Waals surface area contributed by atoms with Crippen molar-refractivity contribution in [3.05, 3.63) is 58.1 Å². The van der Waals surface area contributed by atoms with E-state index in [1.807, 2.05) is 24.3 Å². The minimum absolute atomic E-state index is 0.0230. The minimum Gasteiger partial charge on any atom is -0.497 e. The Kier molecular flexibility index (Phi) is 5.06. The van der Waals surface area contributed by atoms with Crippen molar-refractivity contribution < 1.29 is 13.2 Å². The number of benzene rings is 2. The van der Waals surface area contributed by atoms with E-state index in [1.54, 1.807) is 7.11 Å². The average Bonchev–Trinajstić information content (AvgIpc) is 3.36. The zero-order valence-corrected chi connectivity index (χ0v) is 15.4. The molecule has 1 saturated carbocycles. The smallest absolute Gasteiger partial charge is 0.243 e. The molecule has 1 aliphatic rings. The van der Waals surface area contributed by atoms with Gasteiger partial charge in [-0.25, -0.2) is 8.42 Å². The van der Waals surface area contributed by atoms with Crippen molar-refractivity contribution in [1.82, 2.24) is 4.31 Å². The fourth-order valence-corrected chi connectivity index (χ4v) is 4.90. The Hall–Kier alpha value is -1.27. The van der Waals surface area contributed by atoms with Gasteiger partial charge in [0.1, 0.15) is 5.75 Å². The third kappa shape index (κ3) is 3.86. The van der Waals surface area contributed by atoms with Crippen LogP contribution in [0.1, 0.15) is 18.4 Å². The molecule has 0 radical (unpaired) electrons. The third-order valence-electron chi connectivity index (χ3n) is 3.89. The second-order valence-electron chi connectivity index (χ2n) is 5.73. The van der Waals surface area contributed by atoms with Crippen molar-refractivity contribution in [3.63, 3.8) is 0 Å². The van der Waals surface area contributed by atoms with Crippen LogP contribution in [0.3, 0.4) is 0 Å². The Morgan fingerprint density at radius 2 is 1.67 bits per heavy atom. The van der Waals surface area contributed by atoms with Crippen LogP contribution in [0.25, 0.3) is 0 Å². The first-order valence-corrected chi connectivity index (χ1v) is 9.70. The van der Waals surface area contributed by atoms with Crippen LogP contribution in [0.5, 0.6) is 5.75 Å². The maximum absolute atomic E-state index is 13.0. The molecule has 1 fully saturated rings. The van der Waals surface area contributed by atoms with E-state index in [0.29, 0.717) is 16.6 Å². The molecule has 128 valence electrons. The molecule has 24 heavy (non-hydrogen) atoms. The number of hydrogen-bond acceptors (Lipinski definition) is 3. The normalized spacial score (nSPS) is 14.8. The van der Waals surface area contributed by atoms with Crippen LogP contribution in [-0.2, 0) is 16.6 Å². The maximum Gasteiger partial charge on any atom is 0.243 e. The summed E-state index contributed by atoms with van der Waals surface area (Å²) in [6, 6.07) is 11.8. The summed E-state index contributed by atoms with van der Waals surface area (Å²) in [4.78, 5) is 0.125. The number of sulfonamides is 1. The van der Waals surface area contributed by atoms with E-state index in [2.05, 4.69) is 0 Å². The van der Waals surface area contributed by atoms with E-state index in [-0.39, 0.29) is 10.9 Å². The Morgan fingerprint density at radius 3 is 2.17 bits per heavy atom. The SMILES string of the molecule is COc1ccc(CN(C2CC2)S(=O)(=O)c2cc(Cl)cc(Cl)c2)cc1. The fourth-order valence-electron chi connectivity index (χ4n) is 2.50. The summed E-state index contributed by atoms with van der Waals surface area (Å²) in [6.45, 7) is 0.307. The van der Waals surface area contributed by atoms with Crippen LogP contribution in [0, 0.1) is 0 Å². The minimum atomic E-state index is -3.66. The Bertz CT molecular complexity index is 813. The molecule has 2 aromatic carbocycles. The van der Waals surface area contributed by atoms with Crippen molar-refractivity contribution in [2.24, 2.45) is 0 Å². The van der Waals surface area contributed by atoms with Gasteiger partial charge in [-0.1, -0.05) is 35.3 Å². The van der Waals surface area contributed by atoms with Crippen molar-refractivity contribution in [3.8, 4) is 5.75 Å². The van der Waals surface area contributed by atoms with Gasteiger partial charge < -0.3 is 4.74 Å². The second-order valence-corrected chi connectivity index (χ2v) is 8.50. The molecule has 0 heterocycles. The van der Waals surface area contributed by atoms with Crippen LogP contribution < -0.4 is 4.74 Å². The molecule has 0 unspecified atom stereocenters. The third-order valence-corrected chi connectivity index (χ3v) is 6.21. The van der Waals surface area contributed by atoms with Gasteiger partial charge >= 0.3 is 0 Å². The first kappa shape index (κ1) is 17.5. The van der Waals surface area contributed by atoms with Gasteiger partial charge in [0.2, 0.25) is 10.0 Å². The van der Waals surface area contributed by atoms with Gasteiger partial charge in [0.25, 0.3) is 0 Å². The molecule has 0 atom stereocenters. The molecule has 4 nitrogen and oxygen atoms in total. The number of methoxy groups -OCH3 is 1. The highest BCUT2D eigenvalue weighted by molar-refractivity contribution is 7.89. The molecule has 0 saturated heterocycles. The van der Waals surface area contributed by atoms with Gasteiger partial charge in [-0.3, -0.25) is 0 Å². The molecule has 2 aromatic rings. The zero-order chi connectivity index (χ0) is 17.3. The molecular weight excluding hydrogens is 369 g/mol. The van der Waals surface area contributed by atoms with E-state index >= 15 is 0 Å². The number of rotatable bonds is 6. The summed E-state index contributed by atoms with van der Waals surface area (Å²) in [7, 11) is -2.07. The molecule has 0 spiro atoms. The van der Waals surface area contributed by atoms with E-state index < -0.39 is 10.0 Å². The molecule has 0 N–H and O–H groups in total. The van der Waals surface area contributed by atoms with Crippen LogP contribution in [-0.4, -0.2) is 25.9 Å². The number of halogens is 2. The second kappa shape index (κ2) is 6.92. The lowest BCUT2D eigenvalue weighted by molar-refractivity contribution is 0.397. The lowest BCUT2D eigenvalue weighted by Gasteiger charge is -2.22. The highest BCUT2D eigenvalue weighted by atomic mass is 35.5. The Morgan fingerprint density at radius 1 is 1.08 bits per heavy atom. The highest BCUT2D eigenvalue weighted by Gasteiger charge is 2.38. The van der Waals surface area contributed by atoms with E-state index in [9.17, 15) is 8.42 Å². The predicted molar refractivity (Wildman–Crippen MR) is 95.2 cm³/mol. The highest BCUT2D eigenvalue weighted by Crippen LogP contribution is 2.35. The van der Waals surface area contributed by atoms with Gasteiger partial charge in [0, 0.05) is 22.6 Å². The number of nitrogens with zero attached hydrogens (tertiary/aromatic N) is 1. The molecule has 0 bridgehead atoms. The standard InChI is InChI=1S/C17H17Cl2NO3S/c1-23-16-6-2-12(3-7-16)11-20(15-4-5-15)24(21,22)17-9-13(18)8-14(19)10-17/h2-3,6-10,15H,4-5,11H2,1H3. The first-order valence-electron chi connectivity index (χ1n) is 7.51. The largest absolute Gasteiger partial charge is 0.497 e. The monoisotopic (exact) mass is 385 g/mol. The molecule has 3 rings (SSSR count). The molecule has 0 aliphatic heterocycles. The van der Waals surface area contributed by atoms with Gasteiger partial charge in [-0.15, -0.1) is 0 Å². The molecule has 0 aromatic heterocycles. The van der Waals surface area contributed by atoms with Crippen molar-refractivity contribution in [2.75, 3.05) is 7.11 Å². The van der Waals surface area contributed by atoms with Crippen LogP contribution in [0.15, 0.2) is 47.4 Å². The fraction of sp³-hybridized carbons (Fsp3) is 0.294. The predicted octanol–water partition coefficient (Wildman–Crippen LogP) is 4.36. The summed E-state index contributed by atoms with van der Waals surface area (Å²) in [6.07, 6.45) is 1.73. The van der Waals surface area contributed by atoms with Gasteiger partial charge in [0.15, 0.2) is 0 Å². The summed E-state index contributed by atoms with van der Waals surface area (Å²) < 4.78 is 32.7. The zero-order valence-electron chi connectivity index (χ0n) is 13.1. The summed E-state index contributed by atoms with van der Waals surface area (Å²) in [5.74, 6) is 0.737. The molecule has 7 heteroatoms. The lowest BCUT2D eigenvalue weighted by atomic mass is 10.2. The number of hydrogen-bond donors (Lipinski definition) is 0. The van der Waals surface area contributed by atoms with Gasteiger partial charge in [-0.05, 0) is 48.7 Å². The van der Waals surface area contributed by atoms with Gasteiger partial charge in [-0.2, -0.15) is 4.31 Å². The molecule has 0 amide bonds. The summed E-state index contributed by atoms with van der Waals surface area (Å²) >= 11 is 11.9. The van der Waals surface area contributed by atoms with Crippen molar-refractivity contribution >= 4 is 33.2 Å². The van der Waals surface area contributed by atoms with E-state index in [0.717, 1.165) is 24.2 Å². The lowest BCUT2D eigenvalue weighted by Crippen LogP contribution is -2.32. The maximum atomic E-state index is 13.0. The van der Waals surface area contributed by atoms with E-state index in [1.165, 1.54) is 22.5 Å². The van der Waals surface area contributed by atoms with Crippen LogP contribution >= 0.6 is 23.2 Å². The van der Waals surface area contributed by atoms with Crippen LogP contribution in [0.2, 0.25) is 10.0 Å². The van der Waals surface area contributed by atoms with E-state index in [4.69, 9.17) is 27.9 Å². The summed E-state index contributed by atoms with van der Waals surface area (Å²) in [5, 5.41) is 0.613. The van der Waals surface area contributed by atoms with Crippen molar-refractivity contribution in [2.45, 2.75) is 30.3 Å². The Balaban J connectivity index is 1.91. The average molecular weight is 386 g/mol. The first-order chi connectivity index (χ1) is 11.4. The number of ether oxygens (including phenoxy) is 1. The molecular formula is C17H17Cl2NO3S. The Labute approximate surface area is 152 Å². The summed E-state index contributed by atoms with van der Waals surface area (Å²) in [5.41, 5.74) is 0.902. The van der Waals surface area contributed by atoms with Crippen LogP contribution in [0.4, 0.5) is 0 Å². The van der Waals surface area contributed by atoms with Gasteiger partial charge in [0.05, 0.1) is 12.0 Å². The molecule has 1 aliphatic carbocycles. The quantitative estimate of drug-likeness (QED) is 0.741. The topological polar surface area (TPSA) is 46.6 Å².